The Bertz CT molecular complexity index is 725. The van der Waals surface area contributed by atoms with Crippen molar-refractivity contribution in [2.75, 3.05) is 5.32 Å². The Morgan fingerprint density at radius 3 is 2.68 bits per heavy atom. The summed E-state index contributed by atoms with van der Waals surface area (Å²) in [5.41, 5.74) is 4.00. The summed E-state index contributed by atoms with van der Waals surface area (Å²) in [6.07, 6.45) is 1.97. The predicted octanol–water partition coefficient (Wildman–Crippen LogP) is 5.10. The number of rotatable bonds is 3. The molecule has 2 nitrogen and oxygen atoms in total. The Hall–Kier alpha value is -1.71. The molecule has 22 heavy (non-hydrogen) atoms. The Morgan fingerprint density at radius 2 is 1.95 bits per heavy atom. The highest BCUT2D eigenvalue weighted by molar-refractivity contribution is 7.80. The van der Waals surface area contributed by atoms with Gasteiger partial charge in [0.1, 0.15) is 11.0 Å². The molecule has 0 saturated heterocycles. The van der Waals surface area contributed by atoms with Gasteiger partial charge in [0.05, 0.1) is 5.71 Å². The molecule has 2 aromatic carbocycles. The van der Waals surface area contributed by atoms with Crippen molar-refractivity contribution in [2.45, 2.75) is 25.8 Å². The third-order valence-electron chi connectivity index (χ3n) is 3.69. The van der Waals surface area contributed by atoms with E-state index in [0.29, 0.717) is 5.02 Å². The van der Waals surface area contributed by atoms with Crippen LogP contribution in [0.5, 0.6) is 0 Å². The predicted molar refractivity (Wildman–Crippen MR) is 98.4 cm³/mol. The maximum atomic E-state index is 6.20. The van der Waals surface area contributed by atoms with Gasteiger partial charge in [0.15, 0.2) is 0 Å². The first-order chi connectivity index (χ1) is 10.7. The van der Waals surface area contributed by atoms with Gasteiger partial charge in [0, 0.05) is 21.8 Å². The van der Waals surface area contributed by atoms with Crippen LogP contribution >= 0.6 is 23.8 Å². The van der Waals surface area contributed by atoms with Crippen molar-refractivity contribution in [3.63, 3.8) is 0 Å². The number of anilines is 1. The third kappa shape index (κ3) is 3.06. The van der Waals surface area contributed by atoms with Gasteiger partial charge in [-0.15, -0.1) is 0 Å². The summed E-state index contributed by atoms with van der Waals surface area (Å²) >= 11 is 11.7. The highest BCUT2D eigenvalue weighted by Gasteiger charge is 2.22. The second-order valence-corrected chi connectivity index (χ2v) is 6.20. The largest absolute Gasteiger partial charge is 0.348 e. The number of halogens is 1. The average molecular weight is 329 g/mol. The fraction of sp³-hybridized carbons (Fsp3) is 0.222. The quantitative estimate of drug-likeness (QED) is 0.793. The van der Waals surface area contributed by atoms with Gasteiger partial charge in [-0.3, -0.25) is 4.99 Å². The van der Waals surface area contributed by atoms with Crippen molar-refractivity contribution in [3.05, 3.63) is 64.7 Å². The van der Waals surface area contributed by atoms with Crippen molar-refractivity contribution in [1.82, 2.24) is 0 Å². The maximum Gasteiger partial charge on any atom is 0.105 e. The molecule has 0 spiro atoms. The van der Waals surface area contributed by atoms with Crippen molar-refractivity contribution in [2.24, 2.45) is 4.99 Å². The zero-order valence-electron chi connectivity index (χ0n) is 12.3. The molecule has 0 aliphatic carbocycles. The number of nitrogens with zero attached hydrogens (tertiary/aromatic N) is 1. The SMILES string of the molecule is CCC[C@@H]1N=C(c2ccccc2)c2cc(Cl)ccc2NC1=S. The van der Waals surface area contributed by atoms with Gasteiger partial charge >= 0.3 is 0 Å². The minimum Gasteiger partial charge on any atom is -0.348 e. The average Bonchev–Trinajstić information content (AvgIpc) is 2.66. The van der Waals surface area contributed by atoms with Crippen molar-refractivity contribution >= 4 is 40.2 Å². The van der Waals surface area contributed by atoms with E-state index in [1.807, 2.05) is 36.4 Å². The van der Waals surface area contributed by atoms with Gasteiger partial charge in [-0.25, -0.2) is 0 Å². The van der Waals surface area contributed by atoms with Gasteiger partial charge < -0.3 is 5.32 Å². The molecule has 112 valence electrons. The number of thiocarbonyl (C=S) groups is 1. The van der Waals surface area contributed by atoms with Crippen LogP contribution in [-0.2, 0) is 0 Å². The molecule has 4 heteroatoms. The molecule has 0 aromatic heterocycles. The summed E-state index contributed by atoms with van der Waals surface area (Å²) in [6.45, 7) is 2.15. The fourth-order valence-corrected chi connectivity index (χ4v) is 3.07. The number of benzodiazepines with no additional fused rings is 1. The molecule has 1 aliphatic rings. The van der Waals surface area contributed by atoms with Crippen LogP contribution in [0.1, 0.15) is 30.9 Å². The van der Waals surface area contributed by atoms with Crippen LogP contribution in [0.25, 0.3) is 0 Å². The standard InChI is InChI=1S/C18H17ClN2S/c1-2-6-16-18(22)21-15-10-9-13(19)11-14(15)17(20-16)12-7-4-3-5-8-12/h3-5,7-11,16H,2,6H2,1H3,(H,21,22)/t16-/m0/s1. The summed E-state index contributed by atoms with van der Waals surface area (Å²) in [6, 6.07) is 16.0. The first-order valence-corrected chi connectivity index (χ1v) is 8.21. The number of aliphatic imine (C=N–C) groups is 1. The van der Waals surface area contributed by atoms with E-state index in [2.05, 4.69) is 24.4 Å². The monoisotopic (exact) mass is 328 g/mol. The zero-order chi connectivity index (χ0) is 15.5. The van der Waals surface area contributed by atoms with Gasteiger partial charge in [-0.05, 0) is 24.6 Å². The summed E-state index contributed by atoms with van der Waals surface area (Å²) in [7, 11) is 0. The maximum absolute atomic E-state index is 6.20. The molecule has 0 saturated carbocycles. The molecule has 2 aromatic rings. The molecule has 0 amide bonds. The van der Waals surface area contributed by atoms with Gasteiger partial charge in [-0.1, -0.05) is 67.5 Å². The lowest BCUT2D eigenvalue weighted by Crippen LogP contribution is -2.23. The normalized spacial score (nSPS) is 17.3. The Labute approximate surface area is 141 Å². The second kappa shape index (κ2) is 6.59. The Kier molecular flexibility index (Phi) is 4.55. The summed E-state index contributed by atoms with van der Waals surface area (Å²) in [4.78, 5) is 5.73. The number of hydrogen-bond acceptors (Lipinski definition) is 2. The van der Waals surface area contributed by atoms with E-state index < -0.39 is 0 Å². The van der Waals surface area contributed by atoms with E-state index in [1.54, 1.807) is 0 Å². The van der Waals surface area contributed by atoms with Crippen LogP contribution < -0.4 is 5.32 Å². The Morgan fingerprint density at radius 1 is 1.18 bits per heavy atom. The molecule has 1 aliphatic heterocycles. The van der Waals surface area contributed by atoms with Crippen LogP contribution in [0, 0.1) is 0 Å². The molecular weight excluding hydrogens is 312 g/mol. The van der Waals surface area contributed by atoms with E-state index in [9.17, 15) is 0 Å². The van der Waals surface area contributed by atoms with Crippen molar-refractivity contribution in [1.29, 1.82) is 0 Å². The lowest BCUT2D eigenvalue weighted by Gasteiger charge is -2.12. The van der Waals surface area contributed by atoms with Crippen molar-refractivity contribution in [3.8, 4) is 0 Å². The third-order valence-corrected chi connectivity index (χ3v) is 4.30. The van der Waals surface area contributed by atoms with E-state index in [1.165, 1.54) is 0 Å². The molecular formula is C18H17ClN2S. The topological polar surface area (TPSA) is 24.4 Å². The van der Waals surface area contributed by atoms with E-state index in [0.717, 1.165) is 40.4 Å². The molecule has 0 unspecified atom stereocenters. The highest BCUT2D eigenvalue weighted by Crippen LogP contribution is 2.28. The first-order valence-electron chi connectivity index (χ1n) is 7.43. The molecule has 0 fully saturated rings. The lowest BCUT2D eigenvalue weighted by atomic mass is 10.0. The lowest BCUT2D eigenvalue weighted by molar-refractivity contribution is 0.739. The summed E-state index contributed by atoms with van der Waals surface area (Å²) < 4.78 is 0. The Balaban J connectivity index is 2.18. The minimum absolute atomic E-state index is 0.00128. The van der Waals surface area contributed by atoms with E-state index in [4.69, 9.17) is 28.8 Å². The summed E-state index contributed by atoms with van der Waals surface area (Å²) in [5, 5.41) is 4.04. The van der Waals surface area contributed by atoms with Crippen LogP contribution in [0.3, 0.4) is 0 Å². The molecule has 3 rings (SSSR count). The number of hydrogen-bond donors (Lipinski definition) is 1. The first kappa shape index (κ1) is 15.2. The highest BCUT2D eigenvalue weighted by atomic mass is 35.5. The van der Waals surface area contributed by atoms with Gasteiger partial charge in [0.25, 0.3) is 0 Å². The molecule has 0 bridgehead atoms. The van der Waals surface area contributed by atoms with Gasteiger partial charge in [0.2, 0.25) is 0 Å². The number of fused-ring (bicyclic) bond motifs is 1. The summed E-state index contributed by atoms with van der Waals surface area (Å²) in [5.74, 6) is 0. The van der Waals surface area contributed by atoms with Crippen LogP contribution in [0.15, 0.2) is 53.5 Å². The van der Waals surface area contributed by atoms with Crippen LogP contribution in [0.4, 0.5) is 5.69 Å². The minimum atomic E-state index is 0.00128. The zero-order valence-corrected chi connectivity index (χ0v) is 13.9. The smallest absolute Gasteiger partial charge is 0.105 e. The van der Waals surface area contributed by atoms with Crippen LogP contribution in [0.2, 0.25) is 5.02 Å². The van der Waals surface area contributed by atoms with E-state index in [-0.39, 0.29) is 6.04 Å². The van der Waals surface area contributed by atoms with Gasteiger partial charge in [-0.2, -0.15) is 0 Å². The second-order valence-electron chi connectivity index (χ2n) is 5.33. The van der Waals surface area contributed by atoms with E-state index >= 15 is 0 Å². The molecule has 1 N–H and O–H groups in total. The van der Waals surface area contributed by atoms with Crippen molar-refractivity contribution < 1.29 is 0 Å². The number of benzene rings is 2. The van der Waals surface area contributed by atoms with Crippen LogP contribution in [-0.4, -0.2) is 16.7 Å². The molecule has 1 heterocycles. The number of nitrogens with one attached hydrogen (secondary N) is 1. The molecule has 1 atom stereocenters. The fourth-order valence-electron chi connectivity index (χ4n) is 2.62. The molecule has 0 radical (unpaired) electrons.